The first-order valence-corrected chi connectivity index (χ1v) is 3.58. The summed E-state index contributed by atoms with van der Waals surface area (Å²) in [6, 6.07) is 0. The minimum absolute atomic E-state index is 0.185. The second kappa shape index (κ2) is 1.87. The summed E-state index contributed by atoms with van der Waals surface area (Å²) in [4.78, 5) is 10.3. The van der Waals surface area contributed by atoms with Gasteiger partial charge in [-0.05, 0) is 0 Å². The SMILES string of the molecule is O=C1CC[C](=[W])N1. The second-order valence-corrected chi connectivity index (χ2v) is 3.24. The van der Waals surface area contributed by atoms with Gasteiger partial charge in [-0.25, -0.2) is 0 Å². The summed E-state index contributed by atoms with van der Waals surface area (Å²) in [6.07, 6.45) is 1.67. The molecule has 2 nitrogen and oxygen atoms in total. The van der Waals surface area contributed by atoms with E-state index in [1.807, 2.05) is 0 Å². The summed E-state index contributed by atoms with van der Waals surface area (Å²) in [5, 5.41) is 2.73. The second-order valence-electron chi connectivity index (χ2n) is 1.47. The van der Waals surface area contributed by atoms with Crippen LogP contribution in [-0.2, 0) is 24.1 Å². The number of carbonyl (C=O) groups is 1. The van der Waals surface area contributed by atoms with Gasteiger partial charge in [0.1, 0.15) is 0 Å². The van der Waals surface area contributed by atoms with Crippen LogP contribution in [0.3, 0.4) is 0 Å². The molecular weight excluding hydrogens is 262 g/mol. The predicted octanol–water partition coefficient (Wildman–Crippen LogP) is -0.427. The third kappa shape index (κ3) is 1.20. The van der Waals surface area contributed by atoms with Gasteiger partial charge in [0.05, 0.1) is 0 Å². The molecule has 1 saturated heterocycles. The molecule has 0 atom stereocenters. The molecular formula is C4H5NOW. The minimum atomic E-state index is 0.185. The molecule has 1 heterocycles. The average molecular weight is 267 g/mol. The van der Waals surface area contributed by atoms with Crippen molar-refractivity contribution in [2.45, 2.75) is 12.8 Å². The van der Waals surface area contributed by atoms with Crippen molar-refractivity contribution in [3.05, 3.63) is 0 Å². The number of carbonyl (C=O) groups excluding carboxylic acids is 1. The normalized spacial score (nSPS) is 20.0. The Hall–Kier alpha value is 0.0283. The zero-order chi connectivity index (χ0) is 5.28. The molecule has 1 aliphatic heterocycles. The fourth-order valence-electron chi connectivity index (χ4n) is 0.508. The van der Waals surface area contributed by atoms with E-state index in [4.69, 9.17) is 0 Å². The van der Waals surface area contributed by atoms with E-state index in [1.165, 1.54) is 23.4 Å². The molecule has 0 aromatic rings. The van der Waals surface area contributed by atoms with Crippen LogP contribution in [0.2, 0.25) is 0 Å². The van der Waals surface area contributed by atoms with Crippen molar-refractivity contribution in [1.29, 1.82) is 0 Å². The Labute approximate surface area is 52.7 Å². The van der Waals surface area contributed by atoms with Gasteiger partial charge >= 0.3 is 52.2 Å². The first-order valence-electron chi connectivity index (χ1n) is 2.12. The van der Waals surface area contributed by atoms with Crippen LogP contribution in [-0.4, -0.2) is 9.93 Å². The van der Waals surface area contributed by atoms with Crippen LogP contribution in [0.1, 0.15) is 12.8 Å². The van der Waals surface area contributed by atoms with Crippen molar-refractivity contribution in [2.24, 2.45) is 0 Å². The van der Waals surface area contributed by atoms with Gasteiger partial charge in [0.25, 0.3) is 0 Å². The van der Waals surface area contributed by atoms with Gasteiger partial charge in [-0.1, -0.05) is 0 Å². The zero-order valence-corrected chi connectivity index (χ0v) is 6.66. The molecule has 7 heavy (non-hydrogen) atoms. The summed E-state index contributed by atoms with van der Waals surface area (Å²) in [6.45, 7) is 0. The first kappa shape index (κ1) is 5.17. The molecule has 0 spiro atoms. The van der Waals surface area contributed by atoms with E-state index in [0.717, 1.165) is 6.42 Å². The zero-order valence-electron chi connectivity index (χ0n) is 3.73. The monoisotopic (exact) mass is 267 g/mol. The van der Waals surface area contributed by atoms with Gasteiger partial charge in [0.2, 0.25) is 0 Å². The van der Waals surface area contributed by atoms with Crippen molar-refractivity contribution >= 4 is 9.93 Å². The van der Waals surface area contributed by atoms with Crippen molar-refractivity contribution in [3.63, 3.8) is 0 Å². The molecule has 1 N–H and O–H groups in total. The van der Waals surface area contributed by atoms with Gasteiger partial charge in [-0.2, -0.15) is 0 Å². The van der Waals surface area contributed by atoms with E-state index in [0.29, 0.717) is 6.42 Å². The van der Waals surface area contributed by atoms with Crippen LogP contribution in [0.5, 0.6) is 0 Å². The fraction of sp³-hybridized carbons (Fsp3) is 0.500. The fourth-order valence-corrected chi connectivity index (χ4v) is 1.28. The average Bonchev–Trinajstić information content (AvgIpc) is 1.87. The van der Waals surface area contributed by atoms with Crippen LogP contribution >= 0.6 is 0 Å². The number of hydrogen-bond acceptors (Lipinski definition) is 1. The molecule has 1 aliphatic rings. The summed E-state index contributed by atoms with van der Waals surface area (Å²) >= 11 is 1.39. The van der Waals surface area contributed by atoms with E-state index in [-0.39, 0.29) is 5.91 Å². The molecule has 1 fully saturated rings. The Balaban J connectivity index is 2.55. The number of hydrogen-bond donors (Lipinski definition) is 1. The Morgan fingerprint density at radius 3 is 2.43 bits per heavy atom. The Kier molecular flexibility index (Phi) is 1.38. The molecule has 0 aliphatic carbocycles. The maximum atomic E-state index is 10.3. The molecule has 0 saturated carbocycles. The Bertz CT molecular complexity index is 107. The van der Waals surface area contributed by atoms with Crippen molar-refractivity contribution in [1.82, 2.24) is 5.32 Å². The van der Waals surface area contributed by atoms with Crippen LogP contribution in [0.25, 0.3) is 0 Å². The molecule has 38 valence electrons. The van der Waals surface area contributed by atoms with E-state index in [1.54, 1.807) is 0 Å². The molecule has 0 bridgehead atoms. The predicted molar refractivity (Wildman–Crippen MR) is 22.4 cm³/mol. The van der Waals surface area contributed by atoms with Gasteiger partial charge < -0.3 is 0 Å². The number of amides is 1. The maximum absolute atomic E-state index is 10.3. The third-order valence-electron chi connectivity index (χ3n) is 0.858. The van der Waals surface area contributed by atoms with E-state index >= 15 is 0 Å². The van der Waals surface area contributed by atoms with E-state index < -0.39 is 0 Å². The Morgan fingerprint density at radius 1 is 1.57 bits per heavy atom. The van der Waals surface area contributed by atoms with E-state index in [2.05, 4.69) is 5.32 Å². The summed E-state index contributed by atoms with van der Waals surface area (Å²) in [7, 11) is 0. The first-order chi connectivity index (χ1) is 3.29. The Morgan fingerprint density at radius 2 is 2.29 bits per heavy atom. The van der Waals surface area contributed by atoms with Crippen molar-refractivity contribution in [2.75, 3.05) is 0 Å². The van der Waals surface area contributed by atoms with Crippen LogP contribution in [0, 0.1) is 0 Å². The third-order valence-corrected chi connectivity index (χ3v) is 1.96. The number of rotatable bonds is 0. The molecule has 0 radical (unpaired) electrons. The van der Waals surface area contributed by atoms with Crippen LogP contribution < -0.4 is 5.32 Å². The quantitative estimate of drug-likeness (QED) is 0.634. The van der Waals surface area contributed by atoms with Gasteiger partial charge in [-0.15, -0.1) is 0 Å². The van der Waals surface area contributed by atoms with E-state index in [9.17, 15) is 4.79 Å². The summed E-state index contributed by atoms with van der Waals surface area (Å²) < 4.78 is 1.19. The molecule has 0 aromatic heterocycles. The molecule has 3 heteroatoms. The molecule has 1 rings (SSSR count). The molecule has 0 aromatic carbocycles. The summed E-state index contributed by atoms with van der Waals surface area (Å²) in [5.74, 6) is 0.185. The van der Waals surface area contributed by atoms with Crippen molar-refractivity contribution in [3.8, 4) is 0 Å². The topological polar surface area (TPSA) is 29.1 Å². The van der Waals surface area contributed by atoms with Gasteiger partial charge in [0, 0.05) is 0 Å². The van der Waals surface area contributed by atoms with Gasteiger partial charge in [0.15, 0.2) is 0 Å². The molecule has 0 unspecified atom stereocenters. The van der Waals surface area contributed by atoms with Crippen LogP contribution in [0.4, 0.5) is 0 Å². The number of nitrogens with one attached hydrogen (secondary N) is 1. The van der Waals surface area contributed by atoms with Gasteiger partial charge in [-0.3, -0.25) is 0 Å². The standard InChI is InChI=1S/C4H5NO.W/c6-4-2-1-3-5-4;/h1-2H2,(H,5,6);. The molecule has 1 amide bonds. The van der Waals surface area contributed by atoms with Crippen LogP contribution in [0.15, 0.2) is 0 Å². The van der Waals surface area contributed by atoms with Crippen molar-refractivity contribution < 1.29 is 24.1 Å². The summed E-state index contributed by atoms with van der Waals surface area (Å²) in [5.41, 5.74) is 0.